The molecule has 17 heavy (non-hydrogen) atoms. The second kappa shape index (κ2) is 5.97. The molecule has 0 radical (unpaired) electrons. The van der Waals surface area contributed by atoms with Gasteiger partial charge in [-0.25, -0.2) is 4.68 Å². The van der Waals surface area contributed by atoms with Crippen molar-refractivity contribution < 1.29 is 4.79 Å². The van der Waals surface area contributed by atoms with Crippen LogP contribution in [0.4, 0.5) is 0 Å². The first-order valence-electron chi connectivity index (χ1n) is 5.39. The summed E-state index contributed by atoms with van der Waals surface area (Å²) in [6.45, 7) is 4.58. The number of aryl methyl sites for hydroxylation is 1. The Labute approximate surface area is 105 Å². The zero-order valence-corrected chi connectivity index (χ0v) is 11.1. The maximum Gasteiger partial charge on any atom is 0.238 e. The summed E-state index contributed by atoms with van der Waals surface area (Å²) in [5, 5.41) is 14.9. The van der Waals surface area contributed by atoms with Gasteiger partial charge in [0.15, 0.2) is 0 Å². The summed E-state index contributed by atoms with van der Waals surface area (Å²) in [5.74, 6) is 0.130. The van der Waals surface area contributed by atoms with Gasteiger partial charge in [-0.3, -0.25) is 4.79 Å². The van der Waals surface area contributed by atoms with Crippen LogP contribution in [0.1, 0.15) is 20.3 Å². The first kappa shape index (κ1) is 13.9. The average molecular weight is 258 g/mol. The van der Waals surface area contributed by atoms with Gasteiger partial charge in [-0.1, -0.05) is 18.7 Å². The molecule has 0 aliphatic rings. The fraction of sp³-hybridized carbons (Fsp3) is 0.778. The van der Waals surface area contributed by atoms with Gasteiger partial charge in [0, 0.05) is 12.8 Å². The summed E-state index contributed by atoms with van der Waals surface area (Å²) < 4.78 is 1.56. The van der Waals surface area contributed by atoms with Crippen LogP contribution in [0.5, 0.6) is 0 Å². The number of nitrogens with zero attached hydrogens (tertiary/aromatic N) is 4. The number of thioether (sulfide) groups is 1. The molecule has 0 aliphatic heterocycles. The van der Waals surface area contributed by atoms with Crippen molar-refractivity contribution in [3.8, 4) is 0 Å². The Morgan fingerprint density at radius 1 is 1.65 bits per heavy atom. The van der Waals surface area contributed by atoms with Gasteiger partial charge >= 0.3 is 0 Å². The molecule has 1 aromatic rings. The van der Waals surface area contributed by atoms with Crippen LogP contribution in [-0.2, 0) is 11.8 Å². The number of aromatic nitrogens is 4. The number of rotatable bonds is 7. The Hall–Kier alpha value is -1.15. The molecule has 7 nitrogen and oxygen atoms in total. The predicted molar refractivity (Wildman–Crippen MR) is 65.4 cm³/mol. The maximum absolute atomic E-state index is 11.5. The normalized spacial score (nSPS) is 14.5. The van der Waals surface area contributed by atoms with E-state index in [0.717, 1.165) is 13.0 Å². The molecular formula is C9H18N6OS. The lowest BCUT2D eigenvalue weighted by Gasteiger charge is -2.26. The number of carbonyl (C=O) groups excluding carboxylic acids is 1. The van der Waals surface area contributed by atoms with Gasteiger partial charge in [-0.05, 0) is 30.3 Å². The number of primary amides is 1. The SMILES string of the molecule is CCCNC(C)(CSc1nnnn1C)C(N)=O. The van der Waals surface area contributed by atoms with Gasteiger partial charge in [0.25, 0.3) is 0 Å². The molecule has 0 aromatic carbocycles. The highest BCUT2D eigenvalue weighted by atomic mass is 32.2. The molecule has 0 aliphatic carbocycles. The molecule has 1 heterocycles. The van der Waals surface area contributed by atoms with Crippen molar-refractivity contribution in [2.45, 2.75) is 31.0 Å². The first-order valence-corrected chi connectivity index (χ1v) is 6.38. The number of nitrogens with two attached hydrogens (primary N) is 1. The van der Waals surface area contributed by atoms with E-state index in [1.807, 2.05) is 6.92 Å². The molecule has 3 N–H and O–H groups in total. The Morgan fingerprint density at radius 2 is 2.35 bits per heavy atom. The molecule has 1 aromatic heterocycles. The van der Waals surface area contributed by atoms with Crippen LogP contribution in [0, 0.1) is 0 Å². The van der Waals surface area contributed by atoms with Crippen LogP contribution >= 0.6 is 11.8 Å². The number of hydrogen-bond donors (Lipinski definition) is 2. The van der Waals surface area contributed by atoms with Crippen LogP contribution in [0.15, 0.2) is 5.16 Å². The van der Waals surface area contributed by atoms with Crippen molar-refractivity contribution in [2.75, 3.05) is 12.3 Å². The minimum atomic E-state index is -0.743. The van der Waals surface area contributed by atoms with Crippen molar-refractivity contribution in [3.05, 3.63) is 0 Å². The Morgan fingerprint density at radius 3 is 2.82 bits per heavy atom. The molecule has 1 unspecified atom stereocenters. The van der Waals surface area contributed by atoms with Gasteiger partial charge in [0.2, 0.25) is 11.1 Å². The Bertz CT molecular complexity index is 381. The van der Waals surface area contributed by atoms with Gasteiger partial charge in [-0.15, -0.1) is 5.10 Å². The molecule has 0 fully saturated rings. The van der Waals surface area contributed by atoms with Crippen LogP contribution in [0.25, 0.3) is 0 Å². The number of nitrogens with one attached hydrogen (secondary N) is 1. The molecular weight excluding hydrogens is 240 g/mol. The molecule has 1 atom stereocenters. The molecule has 0 spiro atoms. The highest BCUT2D eigenvalue weighted by Gasteiger charge is 2.30. The maximum atomic E-state index is 11.5. The molecule has 8 heteroatoms. The average Bonchev–Trinajstić information content (AvgIpc) is 2.69. The van der Waals surface area contributed by atoms with E-state index in [1.54, 1.807) is 18.7 Å². The number of hydrogen-bond acceptors (Lipinski definition) is 6. The zero-order valence-electron chi connectivity index (χ0n) is 10.3. The van der Waals surface area contributed by atoms with Crippen LogP contribution in [-0.4, -0.2) is 44.0 Å². The van der Waals surface area contributed by atoms with E-state index in [9.17, 15) is 4.79 Å². The summed E-state index contributed by atoms with van der Waals surface area (Å²) in [6, 6.07) is 0. The minimum absolute atomic E-state index is 0.367. The van der Waals surface area contributed by atoms with Crippen LogP contribution < -0.4 is 11.1 Å². The van der Waals surface area contributed by atoms with Crippen LogP contribution in [0.3, 0.4) is 0 Å². The summed E-state index contributed by atoms with van der Waals surface area (Å²) in [4.78, 5) is 11.5. The summed E-state index contributed by atoms with van der Waals surface area (Å²) >= 11 is 1.40. The second-order valence-corrected chi connectivity index (χ2v) is 4.94. The van der Waals surface area contributed by atoms with Gasteiger partial charge in [0.1, 0.15) is 5.54 Å². The third-order valence-corrected chi connectivity index (χ3v) is 3.71. The van der Waals surface area contributed by atoms with E-state index in [2.05, 4.69) is 20.8 Å². The minimum Gasteiger partial charge on any atom is -0.368 e. The molecule has 0 bridgehead atoms. The number of amides is 1. The van der Waals surface area contributed by atoms with E-state index >= 15 is 0 Å². The molecule has 0 saturated heterocycles. The third kappa shape index (κ3) is 3.67. The van der Waals surface area contributed by atoms with Crippen molar-refractivity contribution in [2.24, 2.45) is 12.8 Å². The van der Waals surface area contributed by atoms with Crippen LogP contribution in [0.2, 0.25) is 0 Å². The lowest BCUT2D eigenvalue weighted by atomic mass is 10.1. The fourth-order valence-electron chi connectivity index (χ4n) is 1.16. The lowest BCUT2D eigenvalue weighted by molar-refractivity contribution is -0.122. The summed E-state index contributed by atoms with van der Waals surface area (Å²) in [5.41, 5.74) is 4.67. The highest BCUT2D eigenvalue weighted by molar-refractivity contribution is 7.99. The molecule has 1 rings (SSSR count). The van der Waals surface area contributed by atoms with E-state index in [1.165, 1.54) is 11.8 Å². The highest BCUT2D eigenvalue weighted by Crippen LogP contribution is 2.19. The smallest absolute Gasteiger partial charge is 0.238 e. The fourth-order valence-corrected chi connectivity index (χ4v) is 2.14. The molecule has 0 saturated carbocycles. The molecule has 96 valence electrons. The largest absolute Gasteiger partial charge is 0.368 e. The number of tetrazole rings is 1. The van der Waals surface area contributed by atoms with Gasteiger partial charge in [-0.2, -0.15) is 0 Å². The van der Waals surface area contributed by atoms with E-state index in [4.69, 9.17) is 5.73 Å². The Kier molecular flexibility index (Phi) is 4.88. The van der Waals surface area contributed by atoms with Crippen molar-refractivity contribution >= 4 is 17.7 Å². The quantitative estimate of drug-likeness (QED) is 0.642. The standard InChI is InChI=1S/C9H18N6OS/c1-4-5-11-9(2,7(10)16)6-17-8-12-13-14-15(8)3/h11H,4-6H2,1-3H3,(H2,10,16). The first-order chi connectivity index (χ1) is 7.99. The number of carbonyl (C=O) groups is 1. The summed E-state index contributed by atoms with van der Waals surface area (Å²) in [6.07, 6.45) is 0.944. The van der Waals surface area contributed by atoms with E-state index in [-0.39, 0.29) is 5.91 Å². The molecule has 1 amide bonds. The zero-order chi connectivity index (χ0) is 12.9. The van der Waals surface area contributed by atoms with Gasteiger partial charge < -0.3 is 11.1 Å². The van der Waals surface area contributed by atoms with E-state index in [0.29, 0.717) is 10.9 Å². The topological polar surface area (TPSA) is 98.7 Å². The lowest BCUT2D eigenvalue weighted by Crippen LogP contribution is -2.55. The summed E-state index contributed by atoms with van der Waals surface area (Å²) in [7, 11) is 1.75. The third-order valence-electron chi connectivity index (χ3n) is 2.38. The van der Waals surface area contributed by atoms with Crippen molar-refractivity contribution in [3.63, 3.8) is 0 Å². The monoisotopic (exact) mass is 258 g/mol. The second-order valence-electron chi connectivity index (χ2n) is 4.00. The van der Waals surface area contributed by atoms with Crippen molar-refractivity contribution in [1.29, 1.82) is 0 Å². The Balaban J connectivity index is 2.61. The van der Waals surface area contributed by atoms with Crippen molar-refractivity contribution in [1.82, 2.24) is 25.5 Å². The predicted octanol–water partition coefficient (Wildman–Crippen LogP) is -0.454. The van der Waals surface area contributed by atoms with E-state index < -0.39 is 5.54 Å². The van der Waals surface area contributed by atoms with Gasteiger partial charge in [0.05, 0.1) is 0 Å².